The molecule has 0 aromatic rings. The van der Waals surface area contributed by atoms with Gasteiger partial charge < -0.3 is 9.84 Å². The van der Waals surface area contributed by atoms with Gasteiger partial charge >= 0.3 is 0 Å². The minimum Gasteiger partial charge on any atom is -0.396 e. The maximum atomic E-state index is 8.64. The Kier molecular flexibility index (Phi) is 3.16. The normalized spacial score (nSPS) is 28.8. The van der Waals surface area contributed by atoms with Gasteiger partial charge in [0, 0.05) is 13.2 Å². The Balaban J connectivity index is 2.18. The van der Waals surface area contributed by atoms with Gasteiger partial charge in [-0.3, -0.25) is 0 Å². The molecule has 0 aliphatic carbocycles. The van der Waals surface area contributed by atoms with Crippen molar-refractivity contribution in [1.29, 1.82) is 0 Å². The summed E-state index contributed by atoms with van der Waals surface area (Å²) in [5.74, 6) is 0.535. The second kappa shape index (κ2) is 3.94. The summed E-state index contributed by atoms with van der Waals surface area (Å²) in [6, 6.07) is 0. The largest absolute Gasteiger partial charge is 0.396 e. The van der Waals surface area contributed by atoms with Crippen molar-refractivity contribution in [2.45, 2.75) is 32.3 Å². The molecule has 0 aromatic carbocycles. The molecule has 1 N–H and O–H groups in total. The van der Waals surface area contributed by atoms with E-state index in [0.29, 0.717) is 18.6 Å². The molecule has 60 valence electrons. The Morgan fingerprint density at radius 3 is 3.00 bits per heavy atom. The van der Waals surface area contributed by atoms with Crippen molar-refractivity contribution in [3.8, 4) is 0 Å². The van der Waals surface area contributed by atoms with Crippen LogP contribution in [0.25, 0.3) is 0 Å². The molecule has 0 amide bonds. The molecule has 1 fully saturated rings. The Hall–Kier alpha value is -0.0800. The molecule has 0 bridgehead atoms. The van der Waals surface area contributed by atoms with Crippen molar-refractivity contribution in [3.63, 3.8) is 0 Å². The summed E-state index contributed by atoms with van der Waals surface area (Å²) in [5, 5.41) is 8.64. The van der Waals surface area contributed by atoms with Crippen LogP contribution in [0.5, 0.6) is 0 Å². The standard InChI is InChI=1S/C8H16O2/c1-7(4-5-9)8-3-2-6-10-8/h7-9H,2-6H2,1H3/t7-,8?/m0/s1. The fraction of sp³-hybridized carbons (Fsp3) is 1.00. The minimum atomic E-state index is 0.293. The minimum absolute atomic E-state index is 0.293. The molecule has 1 aliphatic rings. The van der Waals surface area contributed by atoms with Crippen LogP contribution in [0.15, 0.2) is 0 Å². The molecule has 2 atom stereocenters. The van der Waals surface area contributed by atoms with Crippen LogP contribution in [-0.2, 0) is 4.74 Å². The van der Waals surface area contributed by atoms with E-state index >= 15 is 0 Å². The number of hydrogen-bond donors (Lipinski definition) is 1. The van der Waals surface area contributed by atoms with Gasteiger partial charge in [0.15, 0.2) is 0 Å². The van der Waals surface area contributed by atoms with Gasteiger partial charge in [0.1, 0.15) is 0 Å². The van der Waals surface area contributed by atoms with Gasteiger partial charge in [-0.15, -0.1) is 0 Å². The van der Waals surface area contributed by atoms with Crippen molar-refractivity contribution in [3.05, 3.63) is 0 Å². The lowest BCUT2D eigenvalue weighted by atomic mass is 9.99. The third-order valence-electron chi connectivity index (χ3n) is 2.18. The second-order valence-corrected chi connectivity index (χ2v) is 3.04. The topological polar surface area (TPSA) is 29.5 Å². The zero-order valence-electron chi connectivity index (χ0n) is 6.55. The van der Waals surface area contributed by atoms with Gasteiger partial charge in [-0.2, -0.15) is 0 Å². The molecule has 1 rings (SSSR count). The first-order valence-corrected chi connectivity index (χ1v) is 4.07. The molecule has 1 unspecified atom stereocenters. The van der Waals surface area contributed by atoms with Crippen LogP contribution in [0, 0.1) is 5.92 Å². The average Bonchev–Trinajstić information content (AvgIpc) is 2.38. The van der Waals surface area contributed by atoms with E-state index in [1.54, 1.807) is 0 Å². The molecule has 2 heteroatoms. The summed E-state index contributed by atoms with van der Waals surface area (Å²) in [6.45, 7) is 3.35. The highest BCUT2D eigenvalue weighted by Crippen LogP contribution is 2.21. The fourth-order valence-electron chi connectivity index (χ4n) is 1.44. The third-order valence-corrected chi connectivity index (χ3v) is 2.18. The maximum absolute atomic E-state index is 8.64. The lowest BCUT2D eigenvalue weighted by molar-refractivity contribution is 0.0590. The number of hydrogen-bond acceptors (Lipinski definition) is 2. The quantitative estimate of drug-likeness (QED) is 0.644. The molecule has 1 heterocycles. The van der Waals surface area contributed by atoms with Crippen LogP contribution < -0.4 is 0 Å². The predicted molar refractivity (Wildman–Crippen MR) is 39.8 cm³/mol. The number of aliphatic hydroxyl groups excluding tert-OH is 1. The fourth-order valence-corrected chi connectivity index (χ4v) is 1.44. The first kappa shape index (κ1) is 8.02. The molecule has 0 spiro atoms. The highest BCUT2D eigenvalue weighted by Gasteiger charge is 2.21. The molecular formula is C8H16O2. The summed E-state index contributed by atoms with van der Waals surface area (Å²) in [5.41, 5.74) is 0. The average molecular weight is 144 g/mol. The van der Waals surface area contributed by atoms with Crippen LogP contribution in [0.3, 0.4) is 0 Å². The molecule has 10 heavy (non-hydrogen) atoms. The zero-order valence-corrected chi connectivity index (χ0v) is 6.55. The Bertz CT molecular complexity index is 87.3. The summed E-state index contributed by atoms with van der Waals surface area (Å²) < 4.78 is 5.46. The maximum Gasteiger partial charge on any atom is 0.0602 e. The van der Waals surface area contributed by atoms with Gasteiger partial charge in [-0.25, -0.2) is 0 Å². The number of ether oxygens (including phenoxy) is 1. The van der Waals surface area contributed by atoms with E-state index in [2.05, 4.69) is 6.92 Å². The first-order valence-electron chi connectivity index (χ1n) is 4.07. The van der Waals surface area contributed by atoms with Gasteiger partial charge in [0.25, 0.3) is 0 Å². The number of aliphatic hydroxyl groups is 1. The second-order valence-electron chi connectivity index (χ2n) is 3.04. The highest BCUT2D eigenvalue weighted by atomic mass is 16.5. The molecular weight excluding hydrogens is 128 g/mol. The molecule has 1 saturated heterocycles. The Morgan fingerprint density at radius 1 is 1.70 bits per heavy atom. The lowest BCUT2D eigenvalue weighted by Crippen LogP contribution is -2.17. The van der Waals surface area contributed by atoms with Crippen LogP contribution in [0.2, 0.25) is 0 Å². The first-order chi connectivity index (χ1) is 4.84. The molecule has 0 saturated carbocycles. The monoisotopic (exact) mass is 144 g/mol. The van der Waals surface area contributed by atoms with Crippen molar-refractivity contribution < 1.29 is 9.84 Å². The smallest absolute Gasteiger partial charge is 0.0602 e. The van der Waals surface area contributed by atoms with E-state index in [1.165, 1.54) is 12.8 Å². The van der Waals surface area contributed by atoms with Gasteiger partial charge in [-0.1, -0.05) is 6.92 Å². The Labute approximate surface area is 62.2 Å². The van der Waals surface area contributed by atoms with E-state index in [4.69, 9.17) is 9.84 Å². The molecule has 0 radical (unpaired) electrons. The van der Waals surface area contributed by atoms with Crippen LogP contribution in [0.4, 0.5) is 0 Å². The van der Waals surface area contributed by atoms with Crippen molar-refractivity contribution in [2.75, 3.05) is 13.2 Å². The van der Waals surface area contributed by atoms with Crippen LogP contribution >= 0.6 is 0 Å². The van der Waals surface area contributed by atoms with Crippen LogP contribution in [-0.4, -0.2) is 24.4 Å². The number of rotatable bonds is 3. The van der Waals surface area contributed by atoms with E-state index in [1.807, 2.05) is 0 Å². The molecule has 2 nitrogen and oxygen atoms in total. The van der Waals surface area contributed by atoms with E-state index in [9.17, 15) is 0 Å². The zero-order chi connectivity index (χ0) is 7.40. The van der Waals surface area contributed by atoms with Crippen molar-refractivity contribution in [2.24, 2.45) is 5.92 Å². The SMILES string of the molecule is C[C@@H](CCO)C1CCCO1. The van der Waals surface area contributed by atoms with E-state index < -0.39 is 0 Å². The van der Waals surface area contributed by atoms with Crippen molar-refractivity contribution >= 4 is 0 Å². The van der Waals surface area contributed by atoms with E-state index in [-0.39, 0.29) is 0 Å². The summed E-state index contributed by atoms with van der Waals surface area (Å²) in [6.07, 6.45) is 3.68. The summed E-state index contributed by atoms with van der Waals surface area (Å²) in [7, 11) is 0. The van der Waals surface area contributed by atoms with Gasteiger partial charge in [-0.05, 0) is 25.2 Å². The summed E-state index contributed by atoms with van der Waals surface area (Å²) >= 11 is 0. The molecule has 1 aliphatic heterocycles. The lowest BCUT2D eigenvalue weighted by Gasteiger charge is -2.16. The Morgan fingerprint density at radius 2 is 2.50 bits per heavy atom. The van der Waals surface area contributed by atoms with Crippen molar-refractivity contribution in [1.82, 2.24) is 0 Å². The van der Waals surface area contributed by atoms with E-state index in [0.717, 1.165) is 13.0 Å². The highest BCUT2D eigenvalue weighted by molar-refractivity contribution is 4.70. The van der Waals surface area contributed by atoms with Gasteiger partial charge in [0.05, 0.1) is 6.10 Å². The summed E-state index contributed by atoms with van der Waals surface area (Å²) in [4.78, 5) is 0. The third kappa shape index (κ3) is 1.96. The van der Waals surface area contributed by atoms with Crippen LogP contribution in [0.1, 0.15) is 26.2 Å². The molecule has 0 aromatic heterocycles. The van der Waals surface area contributed by atoms with Gasteiger partial charge in [0.2, 0.25) is 0 Å². The predicted octanol–water partition coefficient (Wildman–Crippen LogP) is 1.18.